The van der Waals surface area contributed by atoms with Crippen LogP contribution in [0, 0.1) is 0 Å². The standard InChI is InChI=1S/C19H31N4Si/c1-24(2,3)14-6-10-21-12-13-23(16-21)17-9-11-22(15-17)19-8-5-4-7-18(19)20/h4-5,7-8,12-13,16-17H,6,9-11,14-15,20H2,1-3H3/q+1. The molecule has 1 aromatic heterocycles. The van der Waals surface area contributed by atoms with Crippen LogP contribution in [-0.2, 0) is 6.54 Å². The Labute approximate surface area is 146 Å². The van der Waals surface area contributed by atoms with Gasteiger partial charge in [-0.05, 0) is 18.6 Å². The smallest absolute Gasteiger partial charge is 0.244 e. The summed E-state index contributed by atoms with van der Waals surface area (Å²) in [7, 11) is -0.921. The summed E-state index contributed by atoms with van der Waals surface area (Å²) in [6.45, 7) is 10.6. The second-order valence-electron chi connectivity index (χ2n) is 8.21. The number of para-hydroxylation sites is 2. The summed E-state index contributed by atoms with van der Waals surface area (Å²) in [4.78, 5) is 2.41. The molecule has 1 fully saturated rings. The second-order valence-corrected chi connectivity index (χ2v) is 13.8. The van der Waals surface area contributed by atoms with E-state index in [0.717, 1.165) is 25.3 Å². The fourth-order valence-corrected chi connectivity index (χ4v) is 4.75. The van der Waals surface area contributed by atoms with Crippen LogP contribution in [-0.4, -0.2) is 25.7 Å². The molecule has 0 bridgehead atoms. The van der Waals surface area contributed by atoms with Crippen molar-refractivity contribution in [3.63, 3.8) is 0 Å². The first-order valence-corrected chi connectivity index (χ1v) is 12.8. The summed E-state index contributed by atoms with van der Waals surface area (Å²) in [6.07, 6.45) is 9.22. The highest BCUT2D eigenvalue weighted by atomic mass is 28.3. The predicted octanol–water partition coefficient (Wildman–Crippen LogP) is 3.54. The maximum atomic E-state index is 6.13. The lowest BCUT2D eigenvalue weighted by Crippen LogP contribution is -2.33. The largest absolute Gasteiger partial charge is 0.397 e. The van der Waals surface area contributed by atoms with Crippen LogP contribution in [0.1, 0.15) is 18.9 Å². The van der Waals surface area contributed by atoms with Gasteiger partial charge in [-0.15, -0.1) is 0 Å². The van der Waals surface area contributed by atoms with Crippen molar-refractivity contribution in [2.75, 3.05) is 23.7 Å². The maximum absolute atomic E-state index is 6.13. The zero-order valence-electron chi connectivity index (χ0n) is 15.3. The minimum absolute atomic E-state index is 0.544. The molecule has 24 heavy (non-hydrogen) atoms. The highest BCUT2D eigenvalue weighted by molar-refractivity contribution is 6.76. The molecule has 1 aromatic carbocycles. The summed E-state index contributed by atoms with van der Waals surface area (Å²) in [5.41, 5.74) is 8.19. The Balaban J connectivity index is 1.58. The Morgan fingerprint density at radius 1 is 1.25 bits per heavy atom. The van der Waals surface area contributed by atoms with E-state index in [-0.39, 0.29) is 0 Å². The summed E-state index contributed by atoms with van der Waals surface area (Å²) in [5.74, 6) is 0. The molecule has 2 aromatic rings. The number of rotatable bonds is 6. The molecular formula is C19H31N4Si+. The molecule has 130 valence electrons. The SMILES string of the molecule is C[Si](C)(C)CCC[n+]1ccn(C2CCN(c3ccccc3N)C2)c1. The lowest BCUT2D eigenvalue weighted by molar-refractivity contribution is -0.696. The average Bonchev–Trinajstić information content (AvgIpc) is 3.15. The van der Waals surface area contributed by atoms with E-state index in [9.17, 15) is 0 Å². The van der Waals surface area contributed by atoms with Crippen molar-refractivity contribution in [2.45, 2.75) is 51.1 Å². The number of aromatic nitrogens is 2. The third-order valence-electron chi connectivity index (χ3n) is 4.92. The van der Waals surface area contributed by atoms with E-state index in [2.05, 4.69) is 64.5 Å². The average molecular weight is 344 g/mol. The second kappa shape index (κ2) is 7.01. The Morgan fingerprint density at radius 3 is 2.79 bits per heavy atom. The molecule has 2 N–H and O–H groups in total. The van der Waals surface area contributed by atoms with Gasteiger partial charge in [-0.2, -0.15) is 0 Å². The first kappa shape index (κ1) is 17.1. The zero-order chi connectivity index (χ0) is 17.2. The van der Waals surface area contributed by atoms with E-state index >= 15 is 0 Å². The number of aryl methyl sites for hydroxylation is 1. The van der Waals surface area contributed by atoms with E-state index in [1.807, 2.05) is 12.1 Å². The van der Waals surface area contributed by atoms with Gasteiger partial charge in [0, 0.05) is 21.0 Å². The van der Waals surface area contributed by atoms with Gasteiger partial charge >= 0.3 is 0 Å². The number of imidazole rings is 1. The quantitative estimate of drug-likeness (QED) is 0.495. The number of nitrogen functional groups attached to an aromatic ring is 1. The molecule has 3 rings (SSSR count). The van der Waals surface area contributed by atoms with Gasteiger partial charge < -0.3 is 10.6 Å². The summed E-state index contributed by atoms with van der Waals surface area (Å²) < 4.78 is 4.73. The van der Waals surface area contributed by atoms with Gasteiger partial charge in [-0.25, -0.2) is 9.13 Å². The van der Waals surface area contributed by atoms with E-state index in [1.165, 1.54) is 24.6 Å². The Hall–Kier alpha value is -1.75. The number of nitrogens with two attached hydrogens (primary N) is 1. The van der Waals surface area contributed by atoms with Gasteiger partial charge in [0.15, 0.2) is 0 Å². The maximum Gasteiger partial charge on any atom is 0.244 e. The van der Waals surface area contributed by atoms with E-state index in [0.29, 0.717) is 6.04 Å². The van der Waals surface area contributed by atoms with E-state index in [1.54, 1.807) is 0 Å². The number of hydrogen-bond donors (Lipinski definition) is 1. The number of anilines is 2. The lowest BCUT2D eigenvalue weighted by atomic mass is 10.2. The van der Waals surface area contributed by atoms with Crippen LogP contribution in [0.3, 0.4) is 0 Å². The van der Waals surface area contributed by atoms with Gasteiger partial charge in [0.05, 0.1) is 24.5 Å². The summed E-state index contributed by atoms with van der Waals surface area (Å²) in [5, 5.41) is 0. The number of nitrogens with zero attached hydrogens (tertiary/aromatic N) is 3. The van der Waals surface area contributed by atoms with Crippen LogP contribution in [0.25, 0.3) is 0 Å². The molecular weight excluding hydrogens is 312 g/mol. The molecule has 4 nitrogen and oxygen atoms in total. The third kappa shape index (κ3) is 4.20. The van der Waals surface area contributed by atoms with Gasteiger partial charge in [0.25, 0.3) is 0 Å². The lowest BCUT2D eigenvalue weighted by Gasteiger charge is -2.19. The highest BCUT2D eigenvalue weighted by Gasteiger charge is 2.28. The van der Waals surface area contributed by atoms with Crippen molar-refractivity contribution in [3.05, 3.63) is 43.0 Å². The topological polar surface area (TPSA) is 38.1 Å². The van der Waals surface area contributed by atoms with Crippen LogP contribution in [0.2, 0.25) is 25.7 Å². The van der Waals surface area contributed by atoms with E-state index < -0.39 is 8.07 Å². The molecule has 1 atom stereocenters. The first-order valence-electron chi connectivity index (χ1n) is 9.08. The molecule has 0 saturated carbocycles. The molecule has 1 unspecified atom stereocenters. The van der Waals surface area contributed by atoms with Crippen LogP contribution in [0.5, 0.6) is 0 Å². The highest BCUT2D eigenvalue weighted by Crippen LogP contribution is 2.30. The van der Waals surface area contributed by atoms with Crippen molar-refractivity contribution in [2.24, 2.45) is 0 Å². The van der Waals surface area contributed by atoms with Gasteiger partial charge in [-0.3, -0.25) is 0 Å². The minimum atomic E-state index is -0.921. The van der Waals surface area contributed by atoms with Crippen LogP contribution in [0.15, 0.2) is 43.0 Å². The molecule has 0 amide bonds. The molecule has 0 radical (unpaired) electrons. The van der Waals surface area contributed by atoms with Crippen molar-refractivity contribution in [3.8, 4) is 0 Å². The molecule has 0 aliphatic carbocycles. The number of benzene rings is 1. The summed E-state index contributed by atoms with van der Waals surface area (Å²) >= 11 is 0. The Morgan fingerprint density at radius 2 is 2.04 bits per heavy atom. The van der Waals surface area contributed by atoms with Crippen LogP contribution < -0.4 is 15.2 Å². The fraction of sp³-hybridized carbons (Fsp3) is 0.526. The fourth-order valence-electron chi connectivity index (χ4n) is 3.53. The normalized spacial score (nSPS) is 18.3. The molecule has 1 aliphatic heterocycles. The van der Waals surface area contributed by atoms with Crippen molar-refractivity contribution in [1.82, 2.24) is 4.57 Å². The zero-order valence-corrected chi connectivity index (χ0v) is 16.3. The van der Waals surface area contributed by atoms with Crippen LogP contribution in [0.4, 0.5) is 11.4 Å². The van der Waals surface area contributed by atoms with E-state index in [4.69, 9.17) is 5.73 Å². The molecule has 5 heteroatoms. The molecule has 1 aliphatic rings. The predicted molar refractivity (Wildman–Crippen MR) is 104 cm³/mol. The van der Waals surface area contributed by atoms with Crippen molar-refractivity contribution >= 4 is 19.4 Å². The molecule has 0 spiro atoms. The first-order chi connectivity index (χ1) is 11.4. The van der Waals surface area contributed by atoms with Crippen molar-refractivity contribution < 1.29 is 4.57 Å². The molecule has 2 heterocycles. The van der Waals surface area contributed by atoms with Crippen LogP contribution >= 0.6 is 0 Å². The molecule has 1 saturated heterocycles. The monoisotopic (exact) mass is 343 g/mol. The van der Waals surface area contributed by atoms with Gasteiger partial charge in [0.1, 0.15) is 18.4 Å². The van der Waals surface area contributed by atoms with Gasteiger partial charge in [-0.1, -0.05) is 37.8 Å². The third-order valence-corrected chi connectivity index (χ3v) is 6.77. The Kier molecular flexibility index (Phi) is 4.99. The van der Waals surface area contributed by atoms with Gasteiger partial charge in [0.2, 0.25) is 6.33 Å². The number of hydrogen-bond acceptors (Lipinski definition) is 2. The minimum Gasteiger partial charge on any atom is -0.397 e. The summed E-state index contributed by atoms with van der Waals surface area (Å²) in [6, 6.07) is 10.1. The Bertz CT molecular complexity index is 674. The van der Waals surface area contributed by atoms with Crippen molar-refractivity contribution in [1.29, 1.82) is 0 Å².